The quantitative estimate of drug-likeness (QED) is 0.840. The van der Waals surface area contributed by atoms with Gasteiger partial charge in [-0.25, -0.2) is 9.67 Å². The van der Waals surface area contributed by atoms with Gasteiger partial charge in [0.2, 0.25) is 0 Å². The van der Waals surface area contributed by atoms with Crippen LogP contribution in [0.4, 0.5) is 0 Å². The number of aromatic nitrogens is 4. The van der Waals surface area contributed by atoms with E-state index < -0.39 is 0 Å². The van der Waals surface area contributed by atoms with Gasteiger partial charge in [-0.2, -0.15) is 10.4 Å². The Morgan fingerprint density at radius 2 is 2.15 bits per heavy atom. The molecule has 6 heteroatoms. The summed E-state index contributed by atoms with van der Waals surface area (Å²) >= 11 is 0. The van der Waals surface area contributed by atoms with Crippen molar-refractivity contribution in [3.8, 4) is 6.07 Å². The molecule has 0 atom stereocenters. The summed E-state index contributed by atoms with van der Waals surface area (Å²) in [5, 5.41) is 13.1. The molecule has 0 radical (unpaired) electrons. The number of pyridine rings is 1. The normalized spacial score (nSPS) is 10.8. The van der Waals surface area contributed by atoms with Crippen molar-refractivity contribution in [3.63, 3.8) is 0 Å². The largest absolute Gasteiger partial charge is 0.304 e. The molecule has 0 N–H and O–H groups in total. The molecule has 0 spiro atoms. The maximum atomic E-state index is 12.2. The van der Waals surface area contributed by atoms with Crippen LogP contribution in [0.3, 0.4) is 0 Å². The van der Waals surface area contributed by atoms with Gasteiger partial charge in [0.15, 0.2) is 0 Å². The van der Waals surface area contributed by atoms with Crippen molar-refractivity contribution < 1.29 is 0 Å². The van der Waals surface area contributed by atoms with Crippen LogP contribution in [0.1, 0.15) is 30.9 Å². The van der Waals surface area contributed by atoms with Gasteiger partial charge in [-0.05, 0) is 25.0 Å². The van der Waals surface area contributed by atoms with Crippen LogP contribution in [0.15, 0.2) is 23.3 Å². The molecule has 2 aromatic rings. The first kappa shape index (κ1) is 14.0. The van der Waals surface area contributed by atoms with E-state index >= 15 is 0 Å². The van der Waals surface area contributed by atoms with E-state index in [-0.39, 0.29) is 11.1 Å². The number of hydrogen-bond acceptors (Lipinski definition) is 4. The fourth-order valence-electron chi connectivity index (χ4n) is 2.00. The summed E-state index contributed by atoms with van der Waals surface area (Å²) in [4.78, 5) is 16.4. The van der Waals surface area contributed by atoms with Crippen LogP contribution in [0, 0.1) is 24.2 Å². The Bertz CT molecular complexity index is 705. The second kappa shape index (κ2) is 5.70. The molecule has 104 valence electrons. The first-order chi connectivity index (χ1) is 9.52. The maximum Gasteiger partial charge on any atom is 0.269 e. The predicted molar refractivity (Wildman–Crippen MR) is 74.1 cm³/mol. The lowest BCUT2D eigenvalue weighted by atomic mass is 10.2. The molecule has 20 heavy (non-hydrogen) atoms. The molecule has 0 saturated heterocycles. The van der Waals surface area contributed by atoms with Crippen LogP contribution in [0.2, 0.25) is 0 Å². The van der Waals surface area contributed by atoms with Crippen molar-refractivity contribution in [3.05, 3.63) is 45.9 Å². The molecule has 0 aliphatic carbocycles. The zero-order chi connectivity index (χ0) is 14.7. The summed E-state index contributed by atoms with van der Waals surface area (Å²) in [6, 6.07) is 5.23. The topological polar surface area (TPSA) is 76.5 Å². The van der Waals surface area contributed by atoms with Gasteiger partial charge >= 0.3 is 0 Å². The third-order valence-corrected chi connectivity index (χ3v) is 3.05. The molecule has 0 aliphatic heterocycles. The van der Waals surface area contributed by atoms with Crippen LogP contribution < -0.4 is 5.56 Å². The van der Waals surface area contributed by atoms with E-state index in [0.717, 1.165) is 18.1 Å². The number of nitriles is 1. The van der Waals surface area contributed by atoms with Gasteiger partial charge in [0.25, 0.3) is 5.56 Å². The number of rotatable bonds is 4. The summed E-state index contributed by atoms with van der Waals surface area (Å²) in [7, 11) is 0. The third kappa shape index (κ3) is 2.77. The zero-order valence-corrected chi connectivity index (χ0v) is 11.9. The summed E-state index contributed by atoms with van der Waals surface area (Å²) in [5.41, 5.74) is 0.658. The van der Waals surface area contributed by atoms with Crippen LogP contribution >= 0.6 is 0 Å². The smallest absolute Gasteiger partial charge is 0.269 e. The maximum absolute atomic E-state index is 12.2. The highest BCUT2D eigenvalue weighted by atomic mass is 16.1. The number of hydrogen-bond donors (Lipinski definition) is 0. The van der Waals surface area contributed by atoms with E-state index in [1.165, 1.54) is 6.33 Å². The Morgan fingerprint density at radius 3 is 2.80 bits per heavy atom. The van der Waals surface area contributed by atoms with Gasteiger partial charge in [-0.15, -0.1) is 0 Å². The molecular formula is C14H17N5O. The van der Waals surface area contributed by atoms with Gasteiger partial charge in [-0.3, -0.25) is 4.79 Å². The second-order valence-electron chi connectivity index (χ2n) is 5.14. The Labute approximate surface area is 117 Å². The molecule has 6 nitrogen and oxygen atoms in total. The summed E-state index contributed by atoms with van der Waals surface area (Å²) < 4.78 is 3.36. The van der Waals surface area contributed by atoms with E-state index in [1.807, 2.05) is 13.0 Å². The average Bonchev–Trinajstić information content (AvgIpc) is 2.81. The van der Waals surface area contributed by atoms with Crippen molar-refractivity contribution in [1.29, 1.82) is 5.26 Å². The van der Waals surface area contributed by atoms with E-state index in [2.05, 4.69) is 23.9 Å². The van der Waals surface area contributed by atoms with Gasteiger partial charge in [0, 0.05) is 12.2 Å². The van der Waals surface area contributed by atoms with Crippen LogP contribution in [0.25, 0.3) is 0 Å². The van der Waals surface area contributed by atoms with Crippen LogP contribution in [0.5, 0.6) is 0 Å². The predicted octanol–water partition coefficient (Wildman–Crippen LogP) is 1.32. The molecule has 0 saturated carbocycles. The molecule has 0 aliphatic rings. The lowest BCUT2D eigenvalue weighted by Crippen LogP contribution is -2.26. The Balaban J connectivity index is 2.39. The number of aryl methyl sites for hydroxylation is 1. The third-order valence-electron chi connectivity index (χ3n) is 3.05. The van der Waals surface area contributed by atoms with E-state index in [0.29, 0.717) is 12.5 Å². The fourth-order valence-corrected chi connectivity index (χ4v) is 2.00. The fraction of sp³-hybridized carbons (Fsp3) is 0.429. The molecule has 2 aromatic heterocycles. The minimum Gasteiger partial charge on any atom is -0.304 e. The van der Waals surface area contributed by atoms with Gasteiger partial charge < -0.3 is 4.57 Å². The molecule has 2 heterocycles. The monoisotopic (exact) mass is 271 g/mol. The molecule has 0 amide bonds. The minimum atomic E-state index is -0.286. The minimum absolute atomic E-state index is 0.144. The highest BCUT2D eigenvalue weighted by Crippen LogP contribution is 2.05. The Morgan fingerprint density at radius 1 is 1.40 bits per heavy atom. The average molecular weight is 271 g/mol. The Kier molecular flexibility index (Phi) is 3.99. The molecule has 0 unspecified atom stereocenters. The second-order valence-corrected chi connectivity index (χ2v) is 5.14. The Hall–Kier alpha value is -2.42. The molecule has 0 bridgehead atoms. The van der Waals surface area contributed by atoms with E-state index in [1.54, 1.807) is 21.4 Å². The summed E-state index contributed by atoms with van der Waals surface area (Å²) in [5.74, 6) is 1.16. The van der Waals surface area contributed by atoms with Crippen LogP contribution in [-0.2, 0) is 13.1 Å². The molecule has 0 fully saturated rings. The van der Waals surface area contributed by atoms with Crippen LogP contribution in [-0.4, -0.2) is 19.3 Å². The molecule has 0 aromatic carbocycles. The highest BCUT2D eigenvalue weighted by Gasteiger charge is 2.11. The van der Waals surface area contributed by atoms with Gasteiger partial charge in [0.05, 0.1) is 6.54 Å². The van der Waals surface area contributed by atoms with Crippen molar-refractivity contribution in [2.24, 2.45) is 5.92 Å². The van der Waals surface area contributed by atoms with Crippen molar-refractivity contribution in [2.75, 3.05) is 0 Å². The van der Waals surface area contributed by atoms with Crippen molar-refractivity contribution in [2.45, 2.75) is 33.9 Å². The summed E-state index contributed by atoms with van der Waals surface area (Å²) in [6.45, 7) is 7.11. The molecule has 2 rings (SSSR count). The van der Waals surface area contributed by atoms with Crippen molar-refractivity contribution in [1.82, 2.24) is 19.3 Å². The standard InChI is InChI=1S/C14H17N5O/c1-10(2)7-19-13(16-9-17-19)8-18-11(3)4-5-12(6-15)14(18)20/h4-5,9-10H,7-8H2,1-3H3. The van der Waals surface area contributed by atoms with Crippen molar-refractivity contribution >= 4 is 0 Å². The first-order valence-electron chi connectivity index (χ1n) is 6.50. The van der Waals surface area contributed by atoms with Gasteiger partial charge in [0.1, 0.15) is 23.8 Å². The summed E-state index contributed by atoms with van der Waals surface area (Å²) in [6.07, 6.45) is 1.49. The lowest BCUT2D eigenvalue weighted by Gasteiger charge is -2.12. The van der Waals surface area contributed by atoms with E-state index in [9.17, 15) is 4.79 Å². The number of nitrogens with zero attached hydrogens (tertiary/aromatic N) is 5. The van der Waals surface area contributed by atoms with E-state index in [4.69, 9.17) is 5.26 Å². The zero-order valence-electron chi connectivity index (χ0n) is 11.9. The first-order valence-corrected chi connectivity index (χ1v) is 6.50. The van der Waals surface area contributed by atoms with Gasteiger partial charge in [-0.1, -0.05) is 13.8 Å². The SMILES string of the molecule is Cc1ccc(C#N)c(=O)n1Cc1ncnn1CC(C)C. The lowest BCUT2D eigenvalue weighted by molar-refractivity contribution is 0.459. The highest BCUT2D eigenvalue weighted by molar-refractivity contribution is 5.27. The molecular weight excluding hydrogens is 254 g/mol.